The molecule has 1 saturated heterocycles. The Hall–Kier alpha value is -4.35. The number of rotatable bonds is 4. The Morgan fingerprint density at radius 1 is 1.19 bits per heavy atom. The second-order valence-corrected chi connectivity index (χ2v) is 7.62. The van der Waals surface area contributed by atoms with E-state index in [1.54, 1.807) is 16.9 Å². The molecule has 12 nitrogen and oxygen atoms in total. The summed E-state index contributed by atoms with van der Waals surface area (Å²) in [6.07, 6.45) is 4.72. The van der Waals surface area contributed by atoms with E-state index in [4.69, 9.17) is 4.42 Å². The van der Waals surface area contributed by atoms with Gasteiger partial charge >= 0.3 is 0 Å². The molecule has 12 heteroatoms. The number of aromatic nitrogens is 8. The van der Waals surface area contributed by atoms with Gasteiger partial charge in [0.2, 0.25) is 11.9 Å². The van der Waals surface area contributed by atoms with Crippen LogP contribution in [0, 0.1) is 5.92 Å². The summed E-state index contributed by atoms with van der Waals surface area (Å²) in [5.74, 6) is 1.84. The smallest absolute Gasteiger partial charge is 0.249 e. The molecule has 5 heterocycles. The molecule has 0 atom stereocenters. The van der Waals surface area contributed by atoms with Gasteiger partial charge in [0, 0.05) is 24.4 Å². The highest BCUT2D eigenvalue weighted by Crippen LogP contribution is 2.27. The number of carbonyl (C=O) groups is 1. The van der Waals surface area contributed by atoms with Crippen LogP contribution < -0.4 is 10.2 Å². The van der Waals surface area contributed by atoms with E-state index in [0.29, 0.717) is 43.2 Å². The molecule has 1 aliphatic heterocycles. The number of carbonyl (C=O) groups excluding carboxylic acids is 1. The summed E-state index contributed by atoms with van der Waals surface area (Å²) in [7, 11) is 0. The number of furan rings is 1. The number of hydrogen-bond acceptors (Lipinski definition) is 9. The summed E-state index contributed by atoms with van der Waals surface area (Å²) in [4.78, 5) is 23.5. The zero-order valence-electron chi connectivity index (χ0n) is 16.8. The zero-order valence-corrected chi connectivity index (χ0v) is 16.8. The third-order valence-electron chi connectivity index (χ3n) is 5.66. The maximum absolute atomic E-state index is 12.8. The van der Waals surface area contributed by atoms with E-state index < -0.39 is 0 Å². The number of piperidine rings is 1. The number of aromatic amines is 1. The maximum Gasteiger partial charge on any atom is 0.249 e. The van der Waals surface area contributed by atoms with Gasteiger partial charge in [-0.2, -0.15) is 9.50 Å². The van der Waals surface area contributed by atoms with E-state index >= 15 is 0 Å². The fraction of sp³-hybridized carbons (Fsp3) is 0.250. The number of nitrogens with one attached hydrogen (secondary N) is 2. The summed E-state index contributed by atoms with van der Waals surface area (Å²) < 4.78 is 7.45. The quantitative estimate of drug-likeness (QED) is 0.437. The van der Waals surface area contributed by atoms with Crippen LogP contribution >= 0.6 is 0 Å². The summed E-state index contributed by atoms with van der Waals surface area (Å²) in [5, 5.41) is 22.4. The number of benzene rings is 1. The Labute approximate surface area is 180 Å². The molecule has 0 bridgehead atoms. The number of para-hydroxylation sites is 1. The van der Waals surface area contributed by atoms with Crippen LogP contribution in [0.3, 0.4) is 0 Å². The largest absolute Gasteiger partial charge is 0.453 e. The minimum Gasteiger partial charge on any atom is -0.453 e. The summed E-state index contributed by atoms with van der Waals surface area (Å²) in [6.45, 7) is 1.38. The maximum atomic E-state index is 12.8. The van der Waals surface area contributed by atoms with Gasteiger partial charge in [0.25, 0.3) is 0 Å². The van der Waals surface area contributed by atoms with Gasteiger partial charge in [-0.05, 0) is 35.4 Å². The van der Waals surface area contributed by atoms with Crippen molar-refractivity contribution in [3.63, 3.8) is 0 Å². The van der Waals surface area contributed by atoms with E-state index in [9.17, 15) is 4.79 Å². The van der Waals surface area contributed by atoms with Gasteiger partial charge in [-0.25, -0.2) is 0 Å². The molecule has 32 heavy (non-hydrogen) atoms. The monoisotopic (exact) mass is 430 g/mol. The van der Waals surface area contributed by atoms with Crippen LogP contribution in [0.25, 0.3) is 28.2 Å². The first-order chi connectivity index (χ1) is 15.7. The molecule has 1 amide bonds. The highest BCUT2D eigenvalue weighted by Gasteiger charge is 2.27. The SMILES string of the molecule is O=C(Nc1n[nH]c(-c2cc3ccccc3o2)n1)C1CCN(c2cncc3nnnn23)CC1. The van der Waals surface area contributed by atoms with E-state index in [-0.39, 0.29) is 17.8 Å². The number of amides is 1. The van der Waals surface area contributed by atoms with Crippen LogP contribution in [0.1, 0.15) is 12.8 Å². The Morgan fingerprint density at radius 2 is 2.06 bits per heavy atom. The van der Waals surface area contributed by atoms with Crippen LogP contribution in [-0.4, -0.2) is 59.2 Å². The van der Waals surface area contributed by atoms with Gasteiger partial charge in [0.15, 0.2) is 23.0 Å². The Kier molecular flexibility index (Phi) is 4.26. The van der Waals surface area contributed by atoms with E-state index in [1.807, 2.05) is 30.3 Å². The highest BCUT2D eigenvalue weighted by molar-refractivity contribution is 5.91. The van der Waals surface area contributed by atoms with Crippen molar-refractivity contribution in [1.29, 1.82) is 0 Å². The number of H-pyrrole nitrogens is 1. The zero-order chi connectivity index (χ0) is 21.5. The van der Waals surface area contributed by atoms with E-state index in [2.05, 4.69) is 45.9 Å². The second kappa shape index (κ2) is 7.41. The van der Waals surface area contributed by atoms with Gasteiger partial charge in [-0.1, -0.05) is 18.2 Å². The van der Waals surface area contributed by atoms with Crippen LogP contribution in [0.15, 0.2) is 47.1 Å². The van der Waals surface area contributed by atoms with Crippen molar-refractivity contribution in [2.24, 2.45) is 5.92 Å². The highest BCUT2D eigenvalue weighted by atomic mass is 16.3. The van der Waals surface area contributed by atoms with Crippen molar-refractivity contribution in [2.45, 2.75) is 12.8 Å². The van der Waals surface area contributed by atoms with Crippen molar-refractivity contribution in [1.82, 2.24) is 40.2 Å². The third kappa shape index (κ3) is 3.21. The molecule has 0 unspecified atom stereocenters. The Morgan fingerprint density at radius 3 is 2.94 bits per heavy atom. The van der Waals surface area contributed by atoms with Crippen LogP contribution in [0.5, 0.6) is 0 Å². The Balaban J connectivity index is 1.11. The first-order valence-corrected chi connectivity index (χ1v) is 10.2. The number of hydrogen-bond donors (Lipinski definition) is 2. The van der Waals surface area contributed by atoms with Crippen molar-refractivity contribution in [3.05, 3.63) is 42.7 Å². The molecular weight excluding hydrogens is 412 g/mol. The molecule has 2 N–H and O–H groups in total. The second-order valence-electron chi connectivity index (χ2n) is 7.62. The molecule has 1 fully saturated rings. The molecule has 1 aromatic carbocycles. The normalized spacial score (nSPS) is 14.9. The van der Waals surface area contributed by atoms with Crippen LogP contribution in [-0.2, 0) is 4.79 Å². The molecule has 0 aliphatic carbocycles. The molecule has 5 aromatic rings. The van der Waals surface area contributed by atoms with Crippen LogP contribution in [0.2, 0.25) is 0 Å². The number of nitrogens with zero attached hydrogens (tertiary/aromatic N) is 8. The average Bonchev–Trinajstić information content (AvgIpc) is 3.57. The molecular formula is C20H18N10O2. The number of anilines is 2. The lowest BCUT2D eigenvalue weighted by Crippen LogP contribution is -2.39. The lowest BCUT2D eigenvalue weighted by molar-refractivity contribution is -0.120. The molecule has 0 saturated carbocycles. The summed E-state index contributed by atoms with van der Waals surface area (Å²) in [5.41, 5.74) is 1.36. The lowest BCUT2D eigenvalue weighted by Gasteiger charge is -2.32. The van der Waals surface area contributed by atoms with Gasteiger partial charge in [-0.15, -0.1) is 10.2 Å². The topological polar surface area (TPSA) is 143 Å². The first kappa shape index (κ1) is 18.4. The fourth-order valence-electron chi connectivity index (χ4n) is 3.99. The van der Waals surface area contributed by atoms with Crippen molar-refractivity contribution >= 4 is 34.3 Å². The summed E-state index contributed by atoms with van der Waals surface area (Å²) >= 11 is 0. The van der Waals surface area contributed by atoms with E-state index in [0.717, 1.165) is 16.8 Å². The third-order valence-corrected chi connectivity index (χ3v) is 5.66. The molecule has 4 aromatic heterocycles. The van der Waals surface area contributed by atoms with Gasteiger partial charge < -0.3 is 9.32 Å². The van der Waals surface area contributed by atoms with Crippen molar-refractivity contribution in [3.8, 4) is 11.6 Å². The fourth-order valence-corrected chi connectivity index (χ4v) is 3.99. The molecule has 0 spiro atoms. The molecule has 160 valence electrons. The Bertz CT molecular complexity index is 1380. The average molecular weight is 430 g/mol. The minimum atomic E-state index is -0.138. The van der Waals surface area contributed by atoms with Gasteiger partial charge in [-0.3, -0.25) is 20.2 Å². The molecule has 0 radical (unpaired) electrons. The minimum absolute atomic E-state index is 0.0986. The standard InChI is InChI=1S/C20H18N10O2/c31-19(12-5-7-29(8-6-12)17-11-21-10-16-24-27-28-30(16)17)23-20-22-18(25-26-20)15-9-13-3-1-2-4-14(13)32-15/h1-4,9-12H,5-8H2,(H2,22,23,25,26,31). The van der Waals surface area contributed by atoms with E-state index in [1.165, 1.54) is 0 Å². The molecule has 6 rings (SSSR count). The predicted octanol–water partition coefficient (Wildman–Crippen LogP) is 1.91. The summed E-state index contributed by atoms with van der Waals surface area (Å²) in [6, 6.07) is 9.59. The number of fused-ring (bicyclic) bond motifs is 2. The molecule has 1 aliphatic rings. The van der Waals surface area contributed by atoms with Crippen molar-refractivity contribution < 1.29 is 9.21 Å². The van der Waals surface area contributed by atoms with Gasteiger partial charge in [0.05, 0.1) is 12.4 Å². The number of tetrazole rings is 1. The predicted molar refractivity (Wildman–Crippen MR) is 114 cm³/mol. The van der Waals surface area contributed by atoms with Crippen LogP contribution in [0.4, 0.5) is 11.8 Å². The van der Waals surface area contributed by atoms with Gasteiger partial charge in [0.1, 0.15) is 5.58 Å². The lowest BCUT2D eigenvalue weighted by atomic mass is 9.96. The first-order valence-electron chi connectivity index (χ1n) is 10.2. The van der Waals surface area contributed by atoms with Crippen molar-refractivity contribution in [2.75, 3.05) is 23.3 Å².